The maximum Gasteiger partial charge on any atom is 0.414 e. The molecule has 0 unspecified atom stereocenters. The number of nitrogens with zero attached hydrogens (tertiary/aromatic N) is 1. The van der Waals surface area contributed by atoms with Gasteiger partial charge in [-0.3, -0.25) is 4.98 Å². The van der Waals surface area contributed by atoms with E-state index in [2.05, 4.69) is 10.3 Å². The molecule has 2 rings (SSSR count). The zero-order chi connectivity index (χ0) is 18.5. The molecule has 0 spiro atoms. The SMILES string of the molecule is COc1ccc(OCCNCc2cccnc2)cc1.O=C(O)C(=O)O. The zero-order valence-corrected chi connectivity index (χ0v) is 13.7. The summed E-state index contributed by atoms with van der Waals surface area (Å²) in [5.41, 5.74) is 1.17. The van der Waals surface area contributed by atoms with Crippen LogP contribution in [0.3, 0.4) is 0 Å². The molecular formula is C17H20N2O6. The van der Waals surface area contributed by atoms with Crippen molar-refractivity contribution in [2.75, 3.05) is 20.3 Å². The number of pyridine rings is 1. The van der Waals surface area contributed by atoms with E-state index in [9.17, 15) is 0 Å². The van der Waals surface area contributed by atoms with E-state index >= 15 is 0 Å². The summed E-state index contributed by atoms with van der Waals surface area (Å²) in [4.78, 5) is 22.3. The van der Waals surface area contributed by atoms with Gasteiger partial charge < -0.3 is 25.0 Å². The lowest BCUT2D eigenvalue weighted by Crippen LogP contribution is -2.20. The minimum absolute atomic E-state index is 0.632. The molecule has 1 heterocycles. The highest BCUT2D eigenvalue weighted by molar-refractivity contribution is 6.27. The van der Waals surface area contributed by atoms with Gasteiger partial charge in [0.15, 0.2) is 0 Å². The molecule has 0 saturated carbocycles. The molecule has 8 nitrogen and oxygen atoms in total. The molecular weight excluding hydrogens is 328 g/mol. The first-order chi connectivity index (χ1) is 12.0. The number of aliphatic carboxylic acids is 2. The second-order valence-corrected chi connectivity index (χ2v) is 4.67. The Kier molecular flexibility index (Phi) is 9.09. The fraction of sp³-hybridized carbons (Fsp3) is 0.235. The van der Waals surface area contributed by atoms with Crippen molar-refractivity contribution in [2.24, 2.45) is 0 Å². The number of hydrogen-bond donors (Lipinski definition) is 3. The van der Waals surface area contributed by atoms with Crippen molar-refractivity contribution in [2.45, 2.75) is 6.54 Å². The smallest absolute Gasteiger partial charge is 0.414 e. The van der Waals surface area contributed by atoms with Gasteiger partial charge in [-0.15, -0.1) is 0 Å². The summed E-state index contributed by atoms with van der Waals surface area (Å²) in [5, 5.41) is 18.1. The van der Waals surface area contributed by atoms with Crippen molar-refractivity contribution >= 4 is 11.9 Å². The molecule has 0 aliphatic carbocycles. The fourth-order valence-corrected chi connectivity index (χ4v) is 1.65. The van der Waals surface area contributed by atoms with Crippen LogP contribution in [0.4, 0.5) is 0 Å². The van der Waals surface area contributed by atoms with Gasteiger partial charge in [-0.25, -0.2) is 9.59 Å². The van der Waals surface area contributed by atoms with E-state index in [1.165, 1.54) is 5.56 Å². The number of carboxylic acids is 2. The Bertz CT molecular complexity index is 634. The molecule has 0 amide bonds. The summed E-state index contributed by atoms with van der Waals surface area (Å²) in [6.45, 7) is 2.23. The van der Waals surface area contributed by atoms with Crippen molar-refractivity contribution < 1.29 is 29.3 Å². The van der Waals surface area contributed by atoms with Crippen LogP contribution in [0.1, 0.15) is 5.56 Å². The number of benzene rings is 1. The summed E-state index contributed by atoms with van der Waals surface area (Å²) in [5.74, 6) is -1.96. The number of ether oxygens (including phenoxy) is 2. The number of carboxylic acid groups (broad SMARTS) is 2. The average Bonchev–Trinajstić information content (AvgIpc) is 2.63. The molecule has 1 aromatic heterocycles. The van der Waals surface area contributed by atoms with Gasteiger partial charge in [0.1, 0.15) is 18.1 Å². The van der Waals surface area contributed by atoms with Crippen LogP contribution < -0.4 is 14.8 Å². The summed E-state index contributed by atoms with van der Waals surface area (Å²) < 4.78 is 10.7. The van der Waals surface area contributed by atoms with Crippen LogP contribution >= 0.6 is 0 Å². The van der Waals surface area contributed by atoms with Crippen molar-refractivity contribution in [1.82, 2.24) is 10.3 Å². The standard InChI is InChI=1S/C15H18N2O2.C2H2O4/c1-18-14-4-6-15(7-5-14)19-10-9-17-12-13-3-2-8-16-11-13;3-1(4)2(5)6/h2-8,11,17H,9-10,12H2,1H3;(H,3,4)(H,5,6). The molecule has 0 atom stereocenters. The topological polar surface area (TPSA) is 118 Å². The first-order valence-electron chi connectivity index (χ1n) is 7.35. The van der Waals surface area contributed by atoms with Gasteiger partial charge in [0.2, 0.25) is 0 Å². The van der Waals surface area contributed by atoms with Crippen molar-refractivity contribution in [1.29, 1.82) is 0 Å². The number of aromatic nitrogens is 1. The normalized spacial score (nSPS) is 9.48. The molecule has 134 valence electrons. The van der Waals surface area contributed by atoms with Gasteiger partial charge in [0.05, 0.1) is 7.11 Å². The highest BCUT2D eigenvalue weighted by atomic mass is 16.5. The van der Waals surface area contributed by atoms with Crippen LogP contribution in [0.15, 0.2) is 48.8 Å². The van der Waals surface area contributed by atoms with E-state index in [4.69, 9.17) is 29.3 Å². The third-order valence-electron chi connectivity index (χ3n) is 2.84. The molecule has 0 bridgehead atoms. The molecule has 25 heavy (non-hydrogen) atoms. The van der Waals surface area contributed by atoms with Crippen molar-refractivity contribution in [3.05, 3.63) is 54.4 Å². The molecule has 0 fully saturated rings. The lowest BCUT2D eigenvalue weighted by molar-refractivity contribution is -0.159. The van der Waals surface area contributed by atoms with E-state index in [0.29, 0.717) is 6.61 Å². The van der Waals surface area contributed by atoms with E-state index < -0.39 is 11.9 Å². The largest absolute Gasteiger partial charge is 0.497 e. The van der Waals surface area contributed by atoms with Crippen LogP contribution in [-0.4, -0.2) is 47.4 Å². The Morgan fingerprint density at radius 1 is 1.08 bits per heavy atom. The molecule has 0 saturated heterocycles. The lowest BCUT2D eigenvalue weighted by atomic mass is 10.3. The first kappa shape index (κ1) is 19.9. The van der Waals surface area contributed by atoms with Crippen LogP contribution in [0.5, 0.6) is 11.5 Å². The van der Waals surface area contributed by atoms with E-state index in [-0.39, 0.29) is 0 Å². The van der Waals surface area contributed by atoms with Gasteiger partial charge in [0, 0.05) is 25.5 Å². The average molecular weight is 348 g/mol. The molecule has 3 N–H and O–H groups in total. The molecule has 0 radical (unpaired) electrons. The molecule has 2 aromatic rings. The number of nitrogens with one attached hydrogen (secondary N) is 1. The van der Waals surface area contributed by atoms with Crippen LogP contribution in [0, 0.1) is 0 Å². The Morgan fingerprint density at radius 2 is 1.72 bits per heavy atom. The minimum atomic E-state index is -1.82. The second kappa shape index (κ2) is 11.4. The van der Waals surface area contributed by atoms with Crippen LogP contribution in [0.2, 0.25) is 0 Å². The third kappa shape index (κ3) is 8.92. The summed E-state index contributed by atoms with van der Waals surface area (Å²) in [7, 11) is 1.65. The highest BCUT2D eigenvalue weighted by Gasteiger charge is 2.04. The molecule has 0 aliphatic rings. The minimum Gasteiger partial charge on any atom is -0.497 e. The summed E-state index contributed by atoms with van der Waals surface area (Å²) >= 11 is 0. The van der Waals surface area contributed by atoms with Gasteiger partial charge >= 0.3 is 11.9 Å². The van der Waals surface area contributed by atoms with E-state index in [1.54, 1.807) is 13.3 Å². The zero-order valence-electron chi connectivity index (χ0n) is 13.7. The van der Waals surface area contributed by atoms with Crippen LogP contribution in [-0.2, 0) is 16.1 Å². The van der Waals surface area contributed by atoms with Gasteiger partial charge in [-0.2, -0.15) is 0 Å². The predicted molar refractivity (Wildman–Crippen MR) is 89.7 cm³/mol. The lowest BCUT2D eigenvalue weighted by Gasteiger charge is -2.08. The fourth-order valence-electron chi connectivity index (χ4n) is 1.65. The highest BCUT2D eigenvalue weighted by Crippen LogP contribution is 2.16. The summed E-state index contributed by atoms with van der Waals surface area (Å²) in [6, 6.07) is 11.6. The molecule has 0 aliphatic heterocycles. The van der Waals surface area contributed by atoms with Crippen molar-refractivity contribution in [3.63, 3.8) is 0 Å². The van der Waals surface area contributed by atoms with E-state index in [1.807, 2.05) is 42.6 Å². The van der Waals surface area contributed by atoms with Gasteiger partial charge in [-0.05, 0) is 35.9 Å². The Labute approximate surface area is 145 Å². The van der Waals surface area contributed by atoms with Crippen molar-refractivity contribution in [3.8, 4) is 11.5 Å². The number of methoxy groups -OCH3 is 1. The maximum atomic E-state index is 9.10. The van der Waals surface area contributed by atoms with Crippen LogP contribution in [0.25, 0.3) is 0 Å². The number of carbonyl (C=O) groups is 2. The first-order valence-corrected chi connectivity index (χ1v) is 7.35. The van der Waals surface area contributed by atoms with Gasteiger partial charge in [-0.1, -0.05) is 6.07 Å². The monoisotopic (exact) mass is 348 g/mol. The summed E-state index contributed by atoms with van der Waals surface area (Å²) in [6.07, 6.45) is 3.63. The molecule has 8 heteroatoms. The number of rotatable bonds is 7. The third-order valence-corrected chi connectivity index (χ3v) is 2.84. The maximum absolute atomic E-state index is 9.10. The second-order valence-electron chi connectivity index (χ2n) is 4.67. The Hall–Kier alpha value is -3.13. The molecule has 1 aromatic carbocycles. The Morgan fingerprint density at radius 3 is 2.24 bits per heavy atom. The quantitative estimate of drug-likeness (QED) is 0.508. The van der Waals surface area contributed by atoms with E-state index in [0.717, 1.165) is 24.6 Å². The Balaban J connectivity index is 0.000000450. The van der Waals surface area contributed by atoms with Gasteiger partial charge in [0.25, 0.3) is 0 Å². The number of hydrogen-bond acceptors (Lipinski definition) is 6. The predicted octanol–water partition coefficient (Wildman–Crippen LogP) is 1.41.